The third-order valence-corrected chi connectivity index (χ3v) is 13.4. The van der Waals surface area contributed by atoms with Gasteiger partial charge >= 0.3 is 0 Å². The maximum Gasteiger partial charge on any atom is 0.155 e. The molecule has 4 nitrogen and oxygen atoms in total. The minimum atomic E-state index is -0.568. The topological polar surface area (TPSA) is 78.2 Å². The number of hydrogen-bond donors (Lipinski definition) is 1. The number of Topliss-reactive ketones (excluding diaryl/α,β-unsaturated/α-hetero) is 2. The first-order valence-corrected chi connectivity index (χ1v) is 14.2. The molecule has 0 aromatic heterocycles. The van der Waals surface area contributed by atoms with Gasteiger partial charge in [-0.3, -0.25) is 9.59 Å². The lowest BCUT2D eigenvalue weighted by molar-refractivity contribution is -0.238. The molecule has 0 amide bonds. The molecule has 0 aromatic carbocycles. The first-order chi connectivity index (χ1) is 16.1. The molecule has 5 saturated carbocycles. The Bertz CT molecular complexity index is 992. The number of nitriles is 1. The number of aliphatic hydroxyl groups is 1. The van der Waals surface area contributed by atoms with Crippen LogP contribution in [0, 0.1) is 73.4 Å². The van der Waals surface area contributed by atoms with E-state index in [2.05, 4.69) is 54.5 Å². The van der Waals surface area contributed by atoms with Crippen molar-refractivity contribution >= 4 is 11.6 Å². The third kappa shape index (κ3) is 3.06. The van der Waals surface area contributed by atoms with Gasteiger partial charge in [-0.1, -0.05) is 48.5 Å². The average molecular weight is 482 g/mol. The Morgan fingerprint density at radius 2 is 1.54 bits per heavy atom. The van der Waals surface area contributed by atoms with Crippen LogP contribution in [-0.4, -0.2) is 23.3 Å². The normalized spacial score (nSPS) is 52.4. The second-order valence-electron chi connectivity index (χ2n) is 15.6. The molecule has 0 aromatic rings. The summed E-state index contributed by atoms with van der Waals surface area (Å²) in [6.07, 6.45) is 8.41. The number of fused-ring (bicyclic) bond motifs is 7. The molecule has 9 atom stereocenters. The van der Waals surface area contributed by atoms with Crippen molar-refractivity contribution in [1.82, 2.24) is 0 Å². The van der Waals surface area contributed by atoms with Gasteiger partial charge in [0, 0.05) is 24.4 Å². The Balaban J connectivity index is 1.60. The molecule has 0 spiro atoms. The van der Waals surface area contributed by atoms with Crippen molar-refractivity contribution in [3.05, 3.63) is 0 Å². The SMILES string of the molecule is CC1(C)CC[C@]2(CO)CC[C@]3(C)C(C(=O)C[C@@H]4[C@@]5(C)CC(C#N)C(=O)C(C)(C)C5CC[C@]43C)C2C1. The lowest BCUT2D eigenvalue weighted by Crippen LogP contribution is -2.69. The van der Waals surface area contributed by atoms with E-state index in [0.29, 0.717) is 18.6 Å². The molecule has 4 heteroatoms. The van der Waals surface area contributed by atoms with Gasteiger partial charge in [0.05, 0.1) is 6.07 Å². The predicted octanol–water partition coefficient (Wildman–Crippen LogP) is 6.36. The molecular weight excluding hydrogens is 434 g/mol. The van der Waals surface area contributed by atoms with Gasteiger partial charge < -0.3 is 5.11 Å². The van der Waals surface area contributed by atoms with E-state index in [1.54, 1.807) is 0 Å². The van der Waals surface area contributed by atoms with Gasteiger partial charge in [-0.15, -0.1) is 0 Å². The Labute approximate surface area is 212 Å². The highest BCUT2D eigenvalue weighted by molar-refractivity contribution is 5.90. The zero-order valence-electron chi connectivity index (χ0n) is 23.2. The average Bonchev–Trinajstić information content (AvgIpc) is 2.77. The fraction of sp³-hybridized carbons (Fsp3) is 0.903. The van der Waals surface area contributed by atoms with E-state index in [-0.39, 0.29) is 63.1 Å². The molecule has 0 bridgehead atoms. The van der Waals surface area contributed by atoms with Gasteiger partial charge in [0.2, 0.25) is 0 Å². The number of hydrogen-bond acceptors (Lipinski definition) is 4. The van der Waals surface area contributed by atoms with Crippen molar-refractivity contribution in [3.8, 4) is 6.07 Å². The molecule has 0 heterocycles. The van der Waals surface area contributed by atoms with Crippen molar-refractivity contribution in [3.63, 3.8) is 0 Å². The maximum atomic E-state index is 14.3. The first kappa shape index (κ1) is 25.4. The quantitative estimate of drug-likeness (QED) is 0.473. The fourth-order valence-corrected chi connectivity index (χ4v) is 11.2. The van der Waals surface area contributed by atoms with Crippen LogP contribution in [0.5, 0.6) is 0 Å². The fourth-order valence-electron chi connectivity index (χ4n) is 11.2. The Morgan fingerprint density at radius 1 is 0.886 bits per heavy atom. The van der Waals surface area contributed by atoms with Crippen molar-refractivity contribution in [2.75, 3.05) is 6.61 Å². The molecular formula is C31H47NO3. The summed E-state index contributed by atoms with van der Waals surface area (Å²) >= 11 is 0. The summed E-state index contributed by atoms with van der Waals surface area (Å²) in [5.74, 6) is 0.612. The van der Waals surface area contributed by atoms with Crippen LogP contribution in [0.4, 0.5) is 0 Å². The summed E-state index contributed by atoms with van der Waals surface area (Å²) in [5.41, 5.74) is -0.725. The Kier molecular flexibility index (Phi) is 5.40. The van der Waals surface area contributed by atoms with Crippen molar-refractivity contribution < 1.29 is 14.7 Å². The molecule has 4 unspecified atom stereocenters. The van der Waals surface area contributed by atoms with E-state index in [1.165, 1.54) is 0 Å². The molecule has 1 N–H and O–H groups in total. The highest BCUT2D eigenvalue weighted by atomic mass is 16.3. The number of nitrogens with zero attached hydrogens (tertiary/aromatic N) is 1. The number of ketones is 2. The van der Waals surface area contributed by atoms with Crippen LogP contribution < -0.4 is 0 Å². The van der Waals surface area contributed by atoms with Gasteiger partial charge in [0.15, 0.2) is 5.78 Å². The largest absolute Gasteiger partial charge is 0.396 e. The Hall–Kier alpha value is -1.21. The van der Waals surface area contributed by atoms with E-state index in [0.717, 1.165) is 44.9 Å². The smallest absolute Gasteiger partial charge is 0.155 e. The number of aliphatic hydroxyl groups excluding tert-OH is 1. The number of rotatable bonds is 1. The second kappa shape index (κ2) is 7.43. The maximum absolute atomic E-state index is 14.3. The minimum absolute atomic E-state index is 0.00347. The van der Waals surface area contributed by atoms with Gasteiger partial charge in [-0.2, -0.15) is 5.26 Å². The van der Waals surface area contributed by atoms with Crippen LogP contribution in [0.2, 0.25) is 0 Å². The van der Waals surface area contributed by atoms with Crippen LogP contribution >= 0.6 is 0 Å². The van der Waals surface area contributed by atoms with Crippen molar-refractivity contribution in [2.45, 2.75) is 106 Å². The minimum Gasteiger partial charge on any atom is -0.396 e. The molecule has 5 aliphatic rings. The lowest BCUT2D eigenvalue weighted by Gasteiger charge is -2.72. The van der Waals surface area contributed by atoms with Crippen LogP contribution in [0.25, 0.3) is 0 Å². The molecule has 5 aliphatic carbocycles. The summed E-state index contributed by atoms with van der Waals surface area (Å²) in [6.45, 7) is 16.2. The molecule has 5 fully saturated rings. The predicted molar refractivity (Wildman–Crippen MR) is 136 cm³/mol. The van der Waals surface area contributed by atoms with Gasteiger partial charge in [0.1, 0.15) is 11.7 Å². The van der Waals surface area contributed by atoms with Crippen LogP contribution in [-0.2, 0) is 9.59 Å². The van der Waals surface area contributed by atoms with Crippen LogP contribution in [0.1, 0.15) is 106 Å². The van der Waals surface area contributed by atoms with Crippen molar-refractivity contribution in [2.24, 2.45) is 62.1 Å². The van der Waals surface area contributed by atoms with Gasteiger partial charge in [0.25, 0.3) is 0 Å². The molecule has 5 rings (SSSR count). The Morgan fingerprint density at radius 3 is 2.17 bits per heavy atom. The number of carbonyl (C=O) groups excluding carboxylic acids is 2. The second-order valence-corrected chi connectivity index (χ2v) is 15.6. The van der Waals surface area contributed by atoms with E-state index < -0.39 is 11.3 Å². The first-order valence-electron chi connectivity index (χ1n) is 14.2. The van der Waals surface area contributed by atoms with Crippen LogP contribution in [0.3, 0.4) is 0 Å². The highest BCUT2D eigenvalue weighted by Crippen LogP contribution is 2.76. The summed E-state index contributed by atoms with van der Waals surface area (Å²) < 4.78 is 0. The molecule has 0 saturated heterocycles. The standard InChI is InChI=1S/C31H47NO3/c1-26(2)10-12-31(18-33)13-11-30(7)24(20(31)16-26)21(34)14-23-28(5)15-19(17-32)25(35)27(3,4)22(28)8-9-29(23,30)6/h19-20,22-24,33H,8-16,18H2,1-7H3/t19?,20?,22?,23-,24?,28+,29-,30-,31-/m1/s1. The monoisotopic (exact) mass is 481 g/mol. The van der Waals surface area contributed by atoms with Gasteiger partial charge in [-0.25, -0.2) is 0 Å². The van der Waals surface area contributed by atoms with E-state index in [9.17, 15) is 20.0 Å². The highest BCUT2D eigenvalue weighted by Gasteiger charge is 2.72. The molecule has 0 aliphatic heterocycles. The summed E-state index contributed by atoms with van der Waals surface area (Å²) in [7, 11) is 0. The zero-order valence-corrected chi connectivity index (χ0v) is 23.2. The molecule has 194 valence electrons. The third-order valence-electron chi connectivity index (χ3n) is 13.4. The zero-order chi connectivity index (χ0) is 25.8. The van der Waals surface area contributed by atoms with E-state index in [4.69, 9.17) is 0 Å². The molecule has 0 radical (unpaired) electrons. The van der Waals surface area contributed by atoms with E-state index in [1.807, 2.05) is 0 Å². The summed E-state index contributed by atoms with van der Waals surface area (Å²) in [5, 5.41) is 20.6. The van der Waals surface area contributed by atoms with Gasteiger partial charge in [-0.05, 0) is 96.2 Å². The summed E-state index contributed by atoms with van der Waals surface area (Å²) in [4.78, 5) is 27.6. The lowest BCUT2D eigenvalue weighted by atomic mass is 9.31. The van der Waals surface area contributed by atoms with Crippen LogP contribution in [0.15, 0.2) is 0 Å². The molecule has 35 heavy (non-hydrogen) atoms. The van der Waals surface area contributed by atoms with Crippen molar-refractivity contribution in [1.29, 1.82) is 5.26 Å². The number of carbonyl (C=O) groups is 2. The van der Waals surface area contributed by atoms with E-state index >= 15 is 0 Å². The summed E-state index contributed by atoms with van der Waals surface area (Å²) in [6, 6.07) is 2.35.